The second-order valence-corrected chi connectivity index (χ2v) is 1.40. The first kappa shape index (κ1) is 1.99. The zero-order chi connectivity index (χ0) is 7.72. The molecule has 1 aromatic carbocycles. The Morgan fingerprint density at radius 1 is 1.57 bits per heavy atom. The van der Waals surface area contributed by atoms with E-state index < -0.39 is 0 Å². The van der Waals surface area contributed by atoms with Gasteiger partial charge in [0.25, 0.3) is 0 Å². The van der Waals surface area contributed by atoms with E-state index in [1.807, 2.05) is 0 Å². The molecule has 36 valence electrons. The lowest BCUT2D eigenvalue weighted by Gasteiger charge is -1.82. The summed E-state index contributed by atoms with van der Waals surface area (Å²) in [5.74, 6) is 0. The molecule has 0 amide bonds. The van der Waals surface area contributed by atoms with Crippen molar-refractivity contribution in [2.75, 3.05) is 0 Å². The molecule has 0 nitrogen and oxygen atoms in total. The van der Waals surface area contributed by atoms with Crippen molar-refractivity contribution >= 4 is 0 Å². The van der Waals surface area contributed by atoms with E-state index in [0.717, 1.165) is 5.56 Å². The first-order valence-electron chi connectivity index (χ1n) is 3.65. The van der Waals surface area contributed by atoms with Crippen LogP contribution in [0.4, 0.5) is 0 Å². The quantitative estimate of drug-likeness (QED) is 0.462. The van der Waals surface area contributed by atoms with Gasteiger partial charge in [-0.3, -0.25) is 0 Å². The van der Waals surface area contributed by atoms with Gasteiger partial charge in [0, 0.05) is 0 Å². The molecular formula is C7H8. The minimum atomic E-state index is 0.121. The minimum Gasteiger partial charge on any atom is -0.0622 e. The van der Waals surface area contributed by atoms with Gasteiger partial charge in [0.2, 0.25) is 0 Å². The van der Waals surface area contributed by atoms with Gasteiger partial charge in [-0.2, -0.15) is 0 Å². The summed E-state index contributed by atoms with van der Waals surface area (Å²) in [5.41, 5.74) is 0.751. The van der Waals surface area contributed by atoms with Gasteiger partial charge >= 0.3 is 0 Å². The number of rotatable bonds is 0. The van der Waals surface area contributed by atoms with Crippen LogP contribution in [0.5, 0.6) is 0 Å². The predicted molar refractivity (Wildman–Crippen MR) is 31.2 cm³/mol. The lowest BCUT2D eigenvalue weighted by molar-refractivity contribution is 1.48. The van der Waals surface area contributed by atoms with Gasteiger partial charge in [0.05, 0.1) is 4.11 Å². The Bertz CT molecular complexity index is 205. The van der Waals surface area contributed by atoms with E-state index >= 15 is 0 Å². The topological polar surface area (TPSA) is 0 Å². The van der Waals surface area contributed by atoms with Crippen molar-refractivity contribution in [2.45, 2.75) is 6.92 Å². The van der Waals surface area contributed by atoms with Crippen LogP contribution in [-0.4, -0.2) is 0 Å². The largest absolute Gasteiger partial charge is 0.0625 e. The van der Waals surface area contributed by atoms with Gasteiger partial charge in [-0.1, -0.05) is 35.8 Å². The third-order valence-electron chi connectivity index (χ3n) is 0.744. The van der Waals surface area contributed by atoms with Gasteiger partial charge < -0.3 is 0 Å². The smallest absolute Gasteiger partial charge is 0.0622 e. The van der Waals surface area contributed by atoms with Crippen LogP contribution in [0.15, 0.2) is 30.3 Å². The van der Waals surface area contributed by atoms with Crippen molar-refractivity contribution in [1.29, 1.82) is 0 Å². The van der Waals surface area contributed by atoms with Crippen molar-refractivity contribution in [2.24, 2.45) is 0 Å². The Labute approximate surface area is 48.0 Å². The molecule has 0 spiro atoms. The molecule has 0 atom stereocenters. The highest BCUT2D eigenvalue weighted by Crippen LogP contribution is 1.92. The number of hydrogen-bond acceptors (Lipinski definition) is 0. The van der Waals surface area contributed by atoms with Crippen molar-refractivity contribution < 1.29 is 4.11 Å². The average molecular weight is 95.2 g/mol. The maximum atomic E-state index is 7.25. The minimum absolute atomic E-state index is 0.121. The van der Waals surface area contributed by atoms with Crippen LogP contribution in [0.2, 0.25) is 0 Å². The SMILES string of the molecule is [2H]c1cc([2H])c(C)cc1[2H]. The van der Waals surface area contributed by atoms with Crippen molar-refractivity contribution in [3.63, 3.8) is 0 Å². The summed E-state index contributed by atoms with van der Waals surface area (Å²) in [7, 11) is 0. The third-order valence-corrected chi connectivity index (χ3v) is 0.744. The summed E-state index contributed by atoms with van der Waals surface area (Å²) in [4.78, 5) is 0. The summed E-state index contributed by atoms with van der Waals surface area (Å²) in [6, 6.07) is 3.56. The van der Waals surface area contributed by atoms with E-state index in [2.05, 4.69) is 0 Å². The molecule has 7 heavy (non-hydrogen) atoms. The first-order valence-corrected chi connectivity index (χ1v) is 2.15. The molecule has 1 rings (SSSR count). The molecule has 1 aromatic rings. The summed E-state index contributed by atoms with van der Waals surface area (Å²) < 4.78 is 21.6. The average Bonchev–Trinajstić information content (AvgIpc) is 1.84. The third kappa shape index (κ3) is 1.04. The summed E-state index contributed by atoms with van der Waals surface area (Å²) in [6.45, 7) is 1.76. The molecule has 0 heterocycles. The van der Waals surface area contributed by atoms with E-state index in [1.165, 1.54) is 12.1 Å². The maximum Gasteiger partial charge on any atom is 0.0625 e. The highest BCUT2D eigenvalue weighted by Gasteiger charge is 1.72. The Morgan fingerprint density at radius 3 is 3.14 bits per heavy atom. The second-order valence-electron chi connectivity index (χ2n) is 1.40. The number of benzene rings is 1. The summed E-state index contributed by atoms with van der Waals surface area (Å²) in [5, 5.41) is 0. The van der Waals surface area contributed by atoms with Gasteiger partial charge in [0.15, 0.2) is 0 Å². The fourth-order valence-corrected chi connectivity index (χ4v) is 0.383. The monoisotopic (exact) mass is 95.1 g/mol. The highest BCUT2D eigenvalue weighted by atomic mass is 13.8. The lowest BCUT2D eigenvalue weighted by atomic mass is 10.2. The van der Waals surface area contributed by atoms with Crippen LogP contribution in [0.1, 0.15) is 9.68 Å². The molecule has 0 bridgehead atoms. The normalized spacial score (nSPS) is 14.7. The predicted octanol–water partition coefficient (Wildman–Crippen LogP) is 2.00. The summed E-state index contributed by atoms with van der Waals surface area (Å²) in [6.07, 6.45) is 0. The molecule has 0 N–H and O–H groups in total. The molecule has 0 radical (unpaired) electrons. The fraction of sp³-hybridized carbons (Fsp3) is 0.143. The molecule has 0 heteroatoms. The molecular weight excluding hydrogens is 84.1 g/mol. The van der Waals surface area contributed by atoms with Crippen LogP contribution >= 0.6 is 0 Å². The molecule has 0 aromatic heterocycles. The van der Waals surface area contributed by atoms with Gasteiger partial charge in [-0.15, -0.1) is 0 Å². The highest BCUT2D eigenvalue weighted by molar-refractivity contribution is 5.11. The van der Waals surface area contributed by atoms with E-state index in [-0.39, 0.29) is 12.1 Å². The van der Waals surface area contributed by atoms with Crippen LogP contribution in [0.25, 0.3) is 0 Å². The Morgan fingerprint density at radius 2 is 2.43 bits per heavy atom. The second kappa shape index (κ2) is 1.78. The van der Waals surface area contributed by atoms with Crippen LogP contribution < -0.4 is 0 Å². The van der Waals surface area contributed by atoms with E-state index in [9.17, 15) is 0 Å². The molecule has 0 aliphatic heterocycles. The lowest BCUT2D eigenvalue weighted by Crippen LogP contribution is -1.62. The fourth-order valence-electron chi connectivity index (χ4n) is 0.383. The van der Waals surface area contributed by atoms with Crippen molar-refractivity contribution in [1.82, 2.24) is 0 Å². The Kier molecular flexibility index (Phi) is 0.508. The molecule has 0 saturated heterocycles. The number of aryl methyl sites for hydroxylation is 1. The van der Waals surface area contributed by atoms with E-state index in [0.29, 0.717) is 6.04 Å². The van der Waals surface area contributed by atoms with Crippen molar-refractivity contribution in [3.05, 3.63) is 35.8 Å². The van der Waals surface area contributed by atoms with Crippen LogP contribution in [0.3, 0.4) is 0 Å². The zero-order valence-electron chi connectivity index (χ0n) is 7.15. The maximum absolute atomic E-state index is 7.25. The number of hydrogen-bond donors (Lipinski definition) is 0. The van der Waals surface area contributed by atoms with E-state index in [1.54, 1.807) is 6.92 Å². The molecule has 0 unspecified atom stereocenters. The van der Waals surface area contributed by atoms with Crippen LogP contribution in [0, 0.1) is 6.92 Å². The van der Waals surface area contributed by atoms with E-state index in [4.69, 9.17) is 4.11 Å². The molecule has 0 aliphatic carbocycles. The first-order chi connectivity index (χ1) is 4.61. The standard InChI is InChI=1S/C7H8/c1-7-5-3-2-4-6-7/h2-6H,1H3/i2D,3D,6D. The molecule has 0 fully saturated rings. The van der Waals surface area contributed by atoms with Gasteiger partial charge in [-0.25, -0.2) is 0 Å². The Balaban J connectivity index is 3.28. The van der Waals surface area contributed by atoms with Crippen LogP contribution in [-0.2, 0) is 0 Å². The van der Waals surface area contributed by atoms with Gasteiger partial charge in [0.1, 0.15) is 0 Å². The zero-order valence-corrected chi connectivity index (χ0v) is 4.15. The molecule has 0 saturated carbocycles. The molecule has 0 aliphatic rings. The van der Waals surface area contributed by atoms with Crippen molar-refractivity contribution in [3.8, 4) is 0 Å². The Hall–Kier alpha value is -0.780. The van der Waals surface area contributed by atoms with Gasteiger partial charge in [-0.05, 0) is 6.92 Å². The summed E-state index contributed by atoms with van der Waals surface area (Å²) >= 11 is 0.